The Morgan fingerprint density at radius 3 is 2.39 bits per heavy atom. The van der Waals surface area contributed by atoms with Crippen LogP contribution in [0.5, 0.6) is 0 Å². The zero-order valence-electron chi connectivity index (χ0n) is 11.2. The molecule has 0 radical (unpaired) electrons. The molecule has 3 heteroatoms. The van der Waals surface area contributed by atoms with Crippen molar-refractivity contribution in [1.82, 2.24) is 0 Å². The van der Waals surface area contributed by atoms with Crippen LogP contribution in [-0.2, 0) is 4.79 Å². The molecule has 0 amide bonds. The fourth-order valence-corrected chi connectivity index (χ4v) is 1.71. The van der Waals surface area contributed by atoms with Crippen molar-refractivity contribution in [3.63, 3.8) is 0 Å². The van der Waals surface area contributed by atoms with E-state index in [1.807, 2.05) is 0 Å². The van der Waals surface area contributed by atoms with E-state index in [0.717, 1.165) is 18.9 Å². The molecule has 0 aromatic rings. The maximum absolute atomic E-state index is 9.83. The van der Waals surface area contributed by atoms with Gasteiger partial charge in [0.2, 0.25) is 0 Å². The molecule has 0 heterocycles. The summed E-state index contributed by atoms with van der Waals surface area (Å²) in [6.45, 7) is 2.17. The van der Waals surface area contributed by atoms with Crippen molar-refractivity contribution in [2.75, 3.05) is 0 Å². The number of carbonyl (C=O) groups excluding carboxylic acids is 1. The van der Waals surface area contributed by atoms with Gasteiger partial charge in [0.15, 0.2) is 0 Å². The fourth-order valence-electron chi connectivity index (χ4n) is 1.71. The van der Waals surface area contributed by atoms with Gasteiger partial charge in [0.05, 0.1) is 18.3 Å². The molecular formula is C15H24O3. The van der Waals surface area contributed by atoms with Crippen LogP contribution < -0.4 is 0 Å². The first kappa shape index (κ1) is 16.9. The highest BCUT2D eigenvalue weighted by atomic mass is 16.3. The van der Waals surface area contributed by atoms with Gasteiger partial charge in [-0.1, -0.05) is 50.9 Å². The Morgan fingerprint density at radius 1 is 1.06 bits per heavy atom. The van der Waals surface area contributed by atoms with E-state index in [-0.39, 0.29) is 0 Å². The van der Waals surface area contributed by atoms with Crippen molar-refractivity contribution in [2.45, 2.75) is 70.5 Å². The highest BCUT2D eigenvalue weighted by molar-refractivity contribution is 5.51. The van der Waals surface area contributed by atoms with Gasteiger partial charge in [-0.05, 0) is 12.8 Å². The van der Waals surface area contributed by atoms with Crippen molar-refractivity contribution in [3.05, 3.63) is 6.08 Å². The number of hydrogen-bond acceptors (Lipinski definition) is 3. The minimum Gasteiger partial charge on any atom is -0.390 e. The van der Waals surface area contributed by atoms with Crippen molar-refractivity contribution >= 4 is 5.94 Å². The zero-order valence-corrected chi connectivity index (χ0v) is 11.2. The topological polar surface area (TPSA) is 57.5 Å². The Hall–Kier alpha value is -1.07. The number of unbranched alkanes of at least 4 members (excludes halogenated alkanes) is 4. The number of aliphatic hydroxyl groups excluding tert-OH is 2. The van der Waals surface area contributed by atoms with Crippen molar-refractivity contribution in [3.8, 4) is 11.8 Å². The Labute approximate surface area is 110 Å². The van der Waals surface area contributed by atoms with Crippen LogP contribution in [0.15, 0.2) is 6.08 Å². The van der Waals surface area contributed by atoms with Crippen LogP contribution >= 0.6 is 0 Å². The number of rotatable bonds is 9. The molecule has 2 atom stereocenters. The third-order valence-electron chi connectivity index (χ3n) is 2.85. The second-order valence-corrected chi connectivity index (χ2v) is 4.46. The van der Waals surface area contributed by atoms with Gasteiger partial charge < -0.3 is 10.2 Å². The van der Waals surface area contributed by atoms with E-state index in [0.29, 0.717) is 19.3 Å². The number of hydrogen-bond donors (Lipinski definition) is 2. The molecule has 2 N–H and O–H groups in total. The Balaban J connectivity index is 3.60. The standard InChI is InChI=1S/C15H24O3/c1-2-3-4-5-8-11-14(17)15(18)12-9-6-7-10-13-16/h10,14-15,17-18H,2-5,8-9,11-12H2,1H3. The molecule has 0 saturated carbocycles. The molecule has 0 rings (SSSR count). The van der Waals surface area contributed by atoms with E-state index in [9.17, 15) is 15.0 Å². The highest BCUT2D eigenvalue weighted by Gasteiger charge is 2.14. The zero-order chi connectivity index (χ0) is 13.6. The SMILES string of the molecule is CCCCCCCC(O)C(O)CCC#CC=C=O. The lowest BCUT2D eigenvalue weighted by molar-refractivity contribution is 0.00942. The van der Waals surface area contributed by atoms with Gasteiger partial charge >= 0.3 is 0 Å². The summed E-state index contributed by atoms with van der Waals surface area (Å²) in [5.74, 6) is 6.78. The van der Waals surface area contributed by atoms with Gasteiger partial charge in [0, 0.05) is 6.42 Å². The first-order valence-electron chi connectivity index (χ1n) is 6.76. The Bertz CT molecular complexity index is 295. The first-order chi connectivity index (χ1) is 8.72. The lowest BCUT2D eigenvalue weighted by Gasteiger charge is -2.16. The molecule has 18 heavy (non-hydrogen) atoms. The summed E-state index contributed by atoms with van der Waals surface area (Å²) in [5, 5.41) is 19.4. The van der Waals surface area contributed by atoms with Crippen LogP contribution in [0.2, 0.25) is 0 Å². The van der Waals surface area contributed by atoms with Gasteiger partial charge in [-0.25, -0.2) is 4.79 Å². The Morgan fingerprint density at radius 2 is 1.72 bits per heavy atom. The molecule has 102 valence electrons. The predicted octanol–water partition coefficient (Wildman–Crippen LogP) is 2.24. The molecule has 3 nitrogen and oxygen atoms in total. The molecule has 0 aliphatic carbocycles. The summed E-state index contributed by atoms with van der Waals surface area (Å²) in [7, 11) is 0. The van der Waals surface area contributed by atoms with Crippen LogP contribution in [-0.4, -0.2) is 28.4 Å². The maximum Gasteiger partial charge on any atom is 0.133 e. The second kappa shape index (κ2) is 12.4. The summed E-state index contributed by atoms with van der Waals surface area (Å²) in [6, 6.07) is 0. The van der Waals surface area contributed by atoms with Gasteiger partial charge in [-0.2, -0.15) is 0 Å². The molecule has 0 aromatic heterocycles. The smallest absolute Gasteiger partial charge is 0.133 e. The van der Waals surface area contributed by atoms with Crippen molar-refractivity contribution < 1.29 is 15.0 Å². The normalized spacial score (nSPS) is 13.1. The van der Waals surface area contributed by atoms with E-state index in [2.05, 4.69) is 18.8 Å². The van der Waals surface area contributed by atoms with Crippen LogP contribution in [0.3, 0.4) is 0 Å². The average molecular weight is 252 g/mol. The van der Waals surface area contributed by atoms with Crippen LogP contribution in [0.1, 0.15) is 58.3 Å². The summed E-state index contributed by atoms with van der Waals surface area (Å²) in [5.41, 5.74) is 0. The van der Waals surface area contributed by atoms with Gasteiger partial charge in [-0.15, -0.1) is 0 Å². The molecule has 0 aliphatic heterocycles. The monoisotopic (exact) mass is 252 g/mol. The van der Waals surface area contributed by atoms with E-state index in [1.54, 1.807) is 5.94 Å². The molecule has 0 bridgehead atoms. The summed E-state index contributed by atoms with van der Waals surface area (Å²) in [6.07, 6.45) is 7.01. The number of aliphatic hydroxyl groups is 2. The lowest BCUT2D eigenvalue weighted by atomic mass is 10.0. The predicted molar refractivity (Wildman–Crippen MR) is 72.7 cm³/mol. The molecule has 2 unspecified atom stereocenters. The molecule has 0 spiro atoms. The van der Waals surface area contributed by atoms with E-state index < -0.39 is 12.2 Å². The number of allylic oxidation sites excluding steroid dienone is 1. The quantitative estimate of drug-likeness (QED) is 0.376. The van der Waals surface area contributed by atoms with Gasteiger partial charge in [-0.3, -0.25) is 0 Å². The second-order valence-electron chi connectivity index (χ2n) is 4.46. The van der Waals surface area contributed by atoms with Gasteiger partial charge in [0.1, 0.15) is 5.94 Å². The Kier molecular flexibility index (Phi) is 11.7. The van der Waals surface area contributed by atoms with Gasteiger partial charge in [0.25, 0.3) is 0 Å². The minimum atomic E-state index is -0.717. The molecular weight excluding hydrogens is 228 g/mol. The third kappa shape index (κ3) is 10.1. The average Bonchev–Trinajstić information content (AvgIpc) is 2.37. The van der Waals surface area contributed by atoms with E-state index in [1.165, 1.54) is 19.3 Å². The molecule has 0 aromatic carbocycles. The van der Waals surface area contributed by atoms with E-state index >= 15 is 0 Å². The van der Waals surface area contributed by atoms with Crippen LogP contribution in [0, 0.1) is 11.8 Å². The third-order valence-corrected chi connectivity index (χ3v) is 2.85. The summed E-state index contributed by atoms with van der Waals surface area (Å²) < 4.78 is 0. The molecule has 0 fully saturated rings. The highest BCUT2D eigenvalue weighted by Crippen LogP contribution is 2.11. The van der Waals surface area contributed by atoms with Crippen molar-refractivity contribution in [1.29, 1.82) is 0 Å². The van der Waals surface area contributed by atoms with E-state index in [4.69, 9.17) is 0 Å². The van der Waals surface area contributed by atoms with Crippen LogP contribution in [0.4, 0.5) is 0 Å². The summed E-state index contributed by atoms with van der Waals surface area (Å²) >= 11 is 0. The lowest BCUT2D eigenvalue weighted by Crippen LogP contribution is -2.25. The minimum absolute atomic E-state index is 0.440. The fraction of sp³-hybridized carbons (Fsp3) is 0.733. The summed E-state index contributed by atoms with van der Waals surface area (Å²) in [4.78, 5) is 9.83. The molecule has 0 aliphatic rings. The van der Waals surface area contributed by atoms with Crippen molar-refractivity contribution in [2.24, 2.45) is 0 Å². The molecule has 0 saturated heterocycles. The largest absolute Gasteiger partial charge is 0.390 e. The maximum atomic E-state index is 9.83. The first-order valence-corrected chi connectivity index (χ1v) is 6.76. The van der Waals surface area contributed by atoms with Crippen LogP contribution in [0.25, 0.3) is 0 Å².